The predicted octanol–water partition coefficient (Wildman–Crippen LogP) is 3.05. The number of thiophene rings is 1. The molecular formula is C23H19FN6O3S. The van der Waals surface area contributed by atoms with E-state index < -0.39 is 11.9 Å². The van der Waals surface area contributed by atoms with Gasteiger partial charge in [-0.1, -0.05) is 6.92 Å². The lowest BCUT2D eigenvalue weighted by molar-refractivity contribution is 0.135. The maximum absolute atomic E-state index is 14.6. The maximum Gasteiger partial charge on any atom is 0.226 e. The topological polar surface area (TPSA) is 141 Å². The van der Waals surface area contributed by atoms with E-state index in [2.05, 4.69) is 15.0 Å². The Hall–Kier alpha value is -3.59. The molecule has 0 saturated carbocycles. The summed E-state index contributed by atoms with van der Waals surface area (Å²) in [7, 11) is 0. The first kappa shape index (κ1) is 21.0. The molecule has 0 spiro atoms. The number of nitriles is 1. The number of fused-ring (bicyclic) bond motifs is 4. The van der Waals surface area contributed by atoms with Gasteiger partial charge in [0.15, 0.2) is 11.6 Å². The Morgan fingerprint density at radius 1 is 1.26 bits per heavy atom. The van der Waals surface area contributed by atoms with Crippen LogP contribution in [0.1, 0.15) is 23.6 Å². The van der Waals surface area contributed by atoms with Crippen molar-refractivity contribution in [3.05, 3.63) is 34.9 Å². The SMILES string of the molecule is CC1CN(c2ncc3c4c(c(-c5ncc(F)c6sc(N)c(C#N)c56)c(O)c3n2)COC4)CC1O. The van der Waals surface area contributed by atoms with E-state index in [1.54, 1.807) is 6.20 Å². The van der Waals surface area contributed by atoms with Gasteiger partial charge in [-0.3, -0.25) is 4.98 Å². The first-order chi connectivity index (χ1) is 16.4. The zero-order valence-electron chi connectivity index (χ0n) is 18.0. The van der Waals surface area contributed by atoms with Gasteiger partial charge in [-0.05, 0) is 11.1 Å². The van der Waals surface area contributed by atoms with E-state index in [1.807, 2.05) is 17.9 Å². The number of nitrogens with zero attached hydrogens (tertiary/aromatic N) is 5. The highest BCUT2D eigenvalue weighted by Gasteiger charge is 2.32. The summed E-state index contributed by atoms with van der Waals surface area (Å²) in [5, 5.41) is 32.4. The van der Waals surface area contributed by atoms with Gasteiger partial charge in [0.25, 0.3) is 0 Å². The van der Waals surface area contributed by atoms with E-state index in [-0.39, 0.29) is 44.6 Å². The number of aromatic nitrogens is 3. The lowest BCUT2D eigenvalue weighted by Gasteiger charge is -2.18. The van der Waals surface area contributed by atoms with Gasteiger partial charge < -0.3 is 25.6 Å². The Morgan fingerprint density at radius 2 is 2.06 bits per heavy atom. The summed E-state index contributed by atoms with van der Waals surface area (Å²) < 4.78 is 20.5. The molecule has 9 nitrogen and oxygen atoms in total. The first-order valence-electron chi connectivity index (χ1n) is 10.7. The van der Waals surface area contributed by atoms with Crippen LogP contribution in [-0.2, 0) is 18.0 Å². The third-order valence-corrected chi connectivity index (χ3v) is 7.65. The molecule has 3 aromatic heterocycles. The molecule has 4 N–H and O–H groups in total. The normalized spacial score (nSPS) is 19.8. The number of aliphatic hydroxyl groups excluding tert-OH is 1. The lowest BCUT2D eigenvalue weighted by atomic mass is 9.93. The van der Waals surface area contributed by atoms with Crippen molar-refractivity contribution < 1.29 is 19.3 Å². The molecule has 11 heteroatoms. The van der Waals surface area contributed by atoms with Crippen LogP contribution >= 0.6 is 11.3 Å². The monoisotopic (exact) mass is 478 g/mol. The molecule has 0 radical (unpaired) electrons. The van der Waals surface area contributed by atoms with Crippen LogP contribution in [0.15, 0.2) is 12.4 Å². The third kappa shape index (κ3) is 2.86. The number of rotatable bonds is 2. The van der Waals surface area contributed by atoms with Crippen molar-refractivity contribution in [1.29, 1.82) is 5.26 Å². The summed E-state index contributed by atoms with van der Waals surface area (Å²) in [6.45, 7) is 3.45. The smallest absolute Gasteiger partial charge is 0.226 e. The summed E-state index contributed by atoms with van der Waals surface area (Å²) in [6.07, 6.45) is 2.24. The fourth-order valence-corrected chi connectivity index (χ4v) is 5.76. The lowest BCUT2D eigenvalue weighted by Crippen LogP contribution is -2.23. The van der Waals surface area contributed by atoms with Gasteiger partial charge in [-0.15, -0.1) is 11.3 Å². The number of nitrogens with two attached hydrogens (primary N) is 1. The highest BCUT2D eigenvalue weighted by Crippen LogP contribution is 2.48. The Kier molecular flexibility index (Phi) is 4.60. The van der Waals surface area contributed by atoms with Crippen LogP contribution in [0.25, 0.3) is 32.2 Å². The molecule has 1 fully saturated rings. The number of pyridine rings is 1. The molecule has 2 aliphatic heterocycles. The van der Waals surface area contributed by atoms with Crippen molar-refractivity contribution in [1.82, 2.24) is 15.0 Å². The quantitative estimate of drug-likeness (QED) is 0.396. The Labute approximate surface area is 196 Å². The molecule has 5 heterocycles. The number of hydrogen-bond donors (Lipinski definition) is 3. The van der Waals surface area contributed by atoms with Gasteiger partial charge in [-0.25, -0.2) is 14.4 Å². The van der Waals surface area contributed by atoms with Gasteiger partial charge in [0, 0.05) is 36.0 Å². The van der Waals surface area contributed by atoms with Crippen molar-refractivity contribution in [2.45, 2.75) is 26.2 Å². The fourth-order valence-electron chi connectivity index (χ4n) is 4.84. The van der Waals surface area contributed by atoms with E-state index in [4.69, 9.17) is 10.5 Å². The van der Waals surface area contributed by atoms with Crippen LogP contribution in [0, 0.1) is 23.1 Å². The van der Waals surface area contributed by atoms with E-state index in [1.165, 1.54) is 0 Å². The van der Waals surface area contributed by atoms with Crippen LogP contribution in [0.2, 0.25) is 0 Å². The molecule has 1 saturated heterocycles. The number of anilines is 2. The van der Waals surface area contributed by atoms with Crippen LogP contribution in [-0.4, -0.2) is 44.4 Å². The molecule has 34 heavy (non-hydrogen) atoms. The largest absolute Gasteiger partial charge is 0.505 e. The molecule has 2 unspecified atom stereocenters. The van der Waals surface area contributed by atoms with Gasteiger partial charge in [0.1, 0.15) is 16.6 Å². The van der Waals surface area contributed by atoms with E-state index in [0.29, 0.717) is 47.7 Å². The van der Waals surface area contributed by atoms with Crippen LogP contribution in [0.4, 0.5) is 15.3 Å². The standard InChI is InChI=1S/C23H19FN6O3S/c1-9-5-30(6-15(9)31)23-28-3-11-12-7-33-8-13(12)16(20(32)18(11)29-23)19-17-10(2-25)22(26)34-21(17)14(24)4-27-19/h3-4,9,15,31-32H,5-8,26H2,1H3. The van der Waals surface area contributed by atoms with Crippen LogP contribution in [0.3, 0.4) is 0 Å². The van der Waals surface area contributed by atoms with Gasteiger partial charge in [0.05, 0.1) is 47.0 Å². The number of aromatic hydroxyl groups is 1. The number of phenolic OH excluding ortho intramolecular Hbond substituents is 1. The molecule has 0 bridgehead atoms. The zero-order valence-corrected chi connectivity index (χ0v) is 18.9. The molecule has 172 valence electrons. The molecule has 0 amide bonds. The second kappa shape index (κ2) is 7.46. The van der Waals surface area contributed by atoms with E-state index in [0.717, 1.165) is 23.1 Å². The van der Waals surface area contributed by atoms with Crippen molar-refractivity contribution >= 4 is 43.3 Å². The number of hydrogen-bond acceptors (Lipinski definition) is 10. The average Bonchev–Trinajstić information content (AvgIpc) is 3.52. The van der Waals surface area contributed by atoms with Crippen LogP contribution < -0.4 is 10.6 Å². The van der Waals surface area contributed by atoms with Gasteiger partial charge in [0.2, 0.25) is 5.95 Å². The number of β-amino-alcohol motifs (C(OH)–C–C–N with tert-alkyl or cyclic N) is 1. The summed E-state index contributed by atoms with van der Waals surface area (Å²) >= 11 is 0.973. The summed E-state index contributed by atoms with van der Waals surface area (Å²) in [4.78, 5) is 15.3. The average molecular weight is 479 g/mol. The van der Waals surface area contributed by atoms with E-state index >= 15 is 0 Å². The third-order valence-electron chi connectivity index (χ3n) is 6.62. The minimum atomic E-state index is -0.587. The highest BCUT2D eigenvalue weighted by atomic mass is 32.1. The minimum Gasteiger partial charge on any atom is -0.505 e. The van der Waals surface area contributed by atoms with Crippen molar-refractivity contribution in [3.63, 3.8) is 0 Å². The number of ether oxygens (including phenoxy) is 1. The molecule has 6 rings (SSSR count). The highest BCUT2D eigenvalue weighted by molar-refractivity contribution is 7.23. The molecule has 2 atom stereocenters. The summed E-state index contributed by atoms with van der Waals surface area (Å²) in [5.41, 5.74) is 8.54. The fraction of sp³-hybridized carbons (Fsp3) is 0.304. The molecule has 2 aliphatic rings. The number of aliphatic hydroxyl groups is 1. The number of nitrogen functional groups attached to an aromatic ring is 1. The summed E-state index contributed by atoms with van der Waals surface area (Å²) in [5.74, 6) is -0.269. The maximum atomic E-state index is 14.6. The van der Waals surface area contributed by atoms with Gasteiger partial charge >= 0.3 is 0 Å². The summed E-state index contributed by atoms with van der Waals surface area (Å²) in [6, 6.07) is 2.04. The van der Waals surface area contributed by atoms with Gasteiger partial charge in [-0.2, -0.15) is 5.26 Å². The Bertz CT molecular complexity index is 1540. The minimum absolute atomic E-state index is 0.0713. The molecule has 1 aromatic carbocycles. The zero-order chi connectivity index (χ0) is 23.7. The van der Waals surface area contributed by atoms with Crippen molar-refractivity contribution in [2.24, 2.45) is 5.92 Å². The predicted molar refractivity (Wildman–Crippen MR) is 125 cm³/mol. The number of halogens is 1. The Morgan fingerprint density at radius 3 is 2.79 bits per heavy atom. The van der Waals surface area contributed by atoms with Crippen molar-refractivity contribution in [2.75, 3.05) is 23.7 Å². The number of phenols is 1. The number of benzene rings is 1. The Balaban J connectivity index is 1.65. The molecule has 4 aromatic rings. The van der Waals surface area contributed by atoms with Crippen molar-refractivity contribution in [3.8, 4) is 23.1 Å². The molecular weight excluding hydrogens is 459 g/mol. The van der Waals surface area contributed by atoms with Crippen LogP contribution in [0.5, 0.6) is 5.75 Å². The second-order valence-corrected chi connectivity index (χ2v) is 9.72. The van der Waals surface area contributed by atoms with E-state index in [9.17, 15) is 19.9 Å². The second-order valence-electron chi connectivity index (χ2n) is 8.67. The molecule has 0 aliphatic carbocycles. The first-order valence-corrected chi connectivity index (χ1v) is 11.5.